The lowest BCUT2D eigenvalue weighted by atomic mass is 10.0. The molecule has 3 rings (SSSR count). The summed E-state index contributed by atoms with van der Waals surface area (Å²) in [6.07, 6.45) is 1.76. The summed E-state index contributed by atoms with van der Waals surface area (Å²) >= 11 is 1.27. The van der Waals surface area contributed by atoms with Gasteiger partial charge in [-0.3, -0.25) is 14.9 Å². The largest absolute Gasteiger partial charge is 0.466 e. The predicted molar refractivity (Wildman–Crippen MR) is 112 cm³/mol. The van der Waals surface area contributed by atoms with Crippen molar-refractivity contribution in [3.05, 3.63) is 34.6 Å². The third kappa shape index (κ3) is 4.61. The van der Waals surface area contributed by atoms with E-state index in [4.69, 9.17) is 9.72 Å². The van der Waals surface area contributed by atoms with Crippen LogP contribution < -0.4 is 5.32 Å². The minimum atomic E-state index is -0.339. The number of carbonyl (C=O) groups is 2. The first-order valence-corrected chi connectivity index (χ1v) is 10.5. The summed E-state index contributed by atoms with van der Waals surface area (Å²) < 4.78 is 6.75. The highest BCUT2D eigenvalue weighted by atomic mass is 32.1. The molecule has 3 aromatic heterocycles. The number of nitrogens with zero attached hydrogens (tertiary/aromatic N) is 4. The van der Waals surface area contributed by atoms with Gasteiger partial charge in [0.2, 0.25) is 0 Å². The number of hydrogen-bond acceptors (Lipinski definition) is 7. The Labute approximate surface area is 173 Å². The van der Waals surface area contributed by atoms with Crippen LogP contribution in [-0.2, 0) is 16.0 Å². The molecule has 0 aromatic carbocycles. The highest BCUT2D eigenvalue weighted by Crippen LogP contribution is 2.26. The van der Waals surface area contributed by atoms with E-state index in [0.717, 1.165) is 5.69 Å². The first-order chi connectivity index (χ1) is 13.8. The Bertz CT molecular complexity index is 1040. The van der Waals surface area contributed by atoms with Gasteiger partial charge in [-0.25, -0.2) is 14.6 Å². The van der Waals surface area contributed by atoms with Crippen molar-refractivity contribution in [1.29, 1.82) is 0 Å². The molecule has 3 aromatic rings. The van der Waals surface area contributed by atoms with Gasteiger partial charge in [0.05, 0.1) is 35.9 Å². The number of ether oxygens (including phenoxy) is 1. The van der Waals surface area contributed by atoms with Crippen molar-refractivity contribution in [2.45, 2.75) is 53.0 Å². The van der Waals surface area contributed by atoms with E-state index < -0.39 is 0 Å². The number of hydrogen-bond donors (Lipinski definition) is 1. The molecule has 1 amide bonds. The maximum absolute atomic E-state index is 13.0. The van der Waals surface area contributed by atoms with Crippen LogP contribution in [0.15, 0.2) is 17.6 Å². The topological polar surface area (TPSA) is 99.0 Å². The quantitative estimate of drug-likeness (QED) is 0.587. The van der Waals surface area contributed by atoms with Gasteiger partial charge < -0.3 is 4.74 Å². The van der Waals surface area contributed by atoms with E-state index >= 15 is 0 Å². The smallest absolute Gasteiger partial charge is 0.311 e. The van der Waals surface area contributed by atoms with Crippen LogP contribution in [0.5, 0.6) is 0 Å². The maximum atomic E-state index is 13.0. The Morgan fingerprint density at radius 2 is 2.00 bits per heavy atom. The van der Waals surface area contributed by atoms with E-state index in [2.05, 4.69) is 15.4 Å². The number of carbonyl (C=O) groups excluding carboxylic acids is 2. The summed E-state index contributed by atoms with van der Waals surface area (Å²) in [6.45, 7) is 10.2. The van der Waals surface area contributed by atoms with Crippen molar-refractivity contribution in [3.63, 3.8) is 0 Å². The van der Waals surface area contributed by atoms with Crippen LogP contribution in [0, 0.1) is 0 Å². The van der Waals surface area contributed by atoms with Gasteiger partial charge in [0.25, 0.3) is 5.91 Å². The van der Waals surface area contributed by atoms with Crippen molar-refractivity contribution in [3.8, 4) is 0 Å². The number of fused-ring (bicyclic) bond motifs is 1. The molecule has 0 fully saturated rings. The lowest BCUT2D eigenvalue weighted by Gasteiger charge is -2.11. The molecule has 0 aliphatic heterocycles. The number of aromatic nitrogens is 4. The monoisotopic (exact) mass is 415 g/mol. The van der Waals surface area contributed by atoms with E-state index in [0.29, 0.717) is 34.0 Å². The maximum Gasteiger partial charge on any atom is 0.311 e. The Balaban J connectivity index is 1.89. The first kappa shape index (κ1) is 20.9. The van der Waals surface area contributed by atoms with Crippen LogP contribution >= 0.6 is 11.3 Å². The van der Waals surface area contributed by atoms with Crippen molar-refractivity contribution < 1.29 is 14.3 Å². The molecule has 0 aliphatic rings. The number of rotatable bonds is 7. The third-order valence-electron chi connectivity index (χ3n) is 4.31. The van der Waals surface area contributed by atoms with Gasteiger partial charge >= 0.3 is 5.97 Å². The molecule has 0 radical (unpaired) electrons. The van der Waals surface area contributed by atoms with Crippen LogP contribution in [0.4, 0.5) is 5.13 Å². The van der Waals surface area contributed by atoms with Crippen molar-refractivity contribution in [1.82, 2.24) is 19.7 Å². The van der Waals surface area contributed by atoms with Gasteiger partial charge in [-0.2, -0.15) is 5.10 Å². The fourth-order valence-electron chi connectivity index (χ4n) is 2.87. The van der Waals surface area contributed by atoms with E-state index in [1.165, 1.54) is 11.3 Å². The van der Waals surface area contributed by atoms with Crippen molar-refractivity contribution in [2.75, 3.05) is 11.9 Å². The average Bonchev–Trinajstić information content (AvgIpc) is 3.27. The highest BCUT2D eigenvalue weighted by molar-refractivity contribution is 7.14. The number of esters is 1. The summed E-state index contributed by atoms with van der Waals surface area (Å²) in [4.78, 5) is 33.7. The van der Waals surface area contributed by atoms with E-state index in [-0.39, 0.29) is 30.3 Å². The second-order valence-electron chi connectivity index (χ2n) is 7.25. The van der Waals surface area contributed by atoms with Gasteiger partial charge in [-0.05, 0) is 32.8 Å². The number of nitrogens with one attached hydrogen (secondary N) is 1. The average molecular weight is 416 g/mol. The SMILES string of the molecule is CCOC(=O)Cc1csc(NC(=O)c2cc(C(C)C)nc3c2cnn3C(C)C)n1. The van der Waals surface area contributed by atoms with Crippen LogP contribution in [0.3, 0.4) is 0 Å². The molecule has 0 atom stereocenters. The van der Waals surface area contributed by atoms with Gasteiger partial charge in [-0.1, -0.05) is 13.8 Å². The second kappa shape index (κ2) is 8.69. The minimum Gasteiger partial charge on any atom is -0.466 e. The molecule has 29 heavy (non-hydrogen) atoms. The fourth-order valence-corrected chi connectivity index (χ4v) is 3.57. The zero-order valence-electron chi connectivity index (χ0n) is 17.2. The zero-order valence-corrected chi connectivity index (χ0v) is 18.0. The normalized spacial score (nSPS) is 11.4. The highest BCUT2D eigenvalue weighted by Gasteiger charge is 2.20. The van der Waals surface area contributed by atoms with E-state index in [9.17, 15) is 9.59 Å². The number of amides is 1. The van der Waals surface area contributed by atoms with Crippen LogP contribution in [0.1, 0.15) is 68.3 Å². The predicted octanol–water partition coefficient (Wildman–Crippen LogP) is 3.95. The van der Waals surface area contributed by atoms with E-state index in [1.54, 1.807) is 18.5 Å². The lowest BCUT2D eigenvalue weighted by Crippen LogP contribution is -2.14. The molecular weight excluding hydrogens is 390 g/mol. The molecular formula is C20H25N5O3S. The summed E-state index contributed by atoms with van der Waals surface area (Å²) in [7, 11) is 0. The van der Waals surface area contributed by atoms with Gasteiger partial charge in [-0.15, -0.1) is 11.3 Å². The molecule has 3 heterocycles. The molecule has 0 unspecified atom stereocenters. The number of anilines is 1. The fraction of sp³-hybridized carbons (Fsp3) is 0.450. The Morgan fingerprint density at radius 1 is 1.24 bits per heavy atom. The Kier molecular flexibility index (Phi) is 6.26. The standard InChI is InChI=1S/C20H25N5O3S/c1-6-28-17(26)7-13-10-29-20(22-13)24-19(27)14-8-16(11(2)3)23-18-15(14)9-21-25(18)12(4)5/h8-12H,6-7H2,1-5H3,(H,22,24,27). The Hall–Kier alpha value is -2.81. The second-order valence-corrected chi connectivity index (χ2v) is 8.11. The Morgan fingerprint density at radius 3 is 2.66 bits per heavy atom. The first-order valence-electron chi connectivity index (χ1n) is 9.59. The van der Waals surface area contributed by atoms with Crippen molar-refractivity contribution >= 4 is 39.4 Å². The van der Waals surface area contributed by atoms with E-state index in [1.807, 2.05) is 38.4 Å². The summed E-state index contributed by atoms with van der Waals surface area (Å²) in [5, 5.41) is 10.1. The lowest BCUT2D eigenvalue weighted by molar-refractivity contribution is -0.142. The number of pyridine rings is 1. The molecule has 154 valence electrons. The van der Waals surface area contributed by atoms with Gasteiger partial charge in [0.15, 0.2) is 10.8 Å². The molecule has 0 saturated heterocycles. The molecule has 0 saturated carbocycles. The summed E-state index contributed by atoms with van der Waals surface area (Å²) in [5.74, 6) is -0.452. The van der Waals surface area contributed by atoms with Crippen LogP contribution in [-0.4, -0.2) is 38.2 Å². The minimum absolute atomic E-state index is 0.0817. The summed E-state index contributed by atoms with van der Waals surface area (Å²) in [6, 6.07) is 1.93. The molecule has 0 bridgehead atoms. The molecule has 0 aliphatic carbocycles. The van der Waals surface area contributed by atoms with Crippen LogP contribution in [0.25, 0.3) is 11.0 Å². The van der Waals surface area contributed by atoms with Gasteiger partial charge in [0, 0.05) is 17.1 Å². The molecule has 9 heteroatoms. The molecule has 8 nitrogen and oxygen atoms in total. The van der Waals surface area contributed by atoms with Crippen molar-refractivity contribution in [2.24, 2.45) is 0 Å². The van der Waals surface area contributed by atoms with Crippen LogP contribution in [0.2, 0.25) is 0 Å². The molecule has 1 N–H and O–H groups in total. The number of thiazole rings is 1. The third-order valence-corrected chi connectivity index (χ3v) is 5.12. The summed E-state index contributed by atoms with van der Waals surface area (Å²) in [5.41, 5.74) is 2.59. The molecule has 0 spiro atoms. The van der Waals surface area contributed by atoms with Gasteiger partial charge in [0.1, 0.15) is 0 Å². The zero-order chi connectivity index (χ0) is 21.1.